The summed E-state index contributed by atoms with van der Waals surface area (Å²) in [7, 11) is 1.69. The number of methoxy groups -OCH3 is 1. The highest BCUT2D eigenvalue weighted by Crippen LogP contribution is 2.33. The Morgan fingerprint density at radius 2 is 1.75 bits per heavy atom. The van der Waals surface area contributed by atoms with E-state index in [9.17, 15) is 5.11 Å². The third kappa shape index (κ3) is 5.13. The van der Waals surface area contributed by atoms with E-state index in [0.717, 1.165) is 44.5 Å². The minimum Gasteiger partial charge on any atom is -0.497 e. The van der Waals surface area contributed by atoms with Crippen molar-refractivity contribution in [3.63, 3.8) is 0 Å². The molecule has 1 aromatic rings. The number of halogens is 2. The highest BCUT2D eigenvalue weighted by Gasteiger charge is 2.30. The van der Waals surface area contributed by atoms with E-state index in [2.05, 4.69) is 17.4 Å². The van der Waals surface area contributed by atoms with Gasteiger partial charge in [0.25, 0.3) is 0 Å². The Morgan fingerprint density at radius 1 is 1.15 bits per heavy atom. The van der Waals surface area contributed by atoms with E-state index in [1.165, 1.54) is 5.56 Å². The molecule has 2 rings (SSSR count). The Hall–Kier alpha value is -0.480. The molecule has 0 aliphatic carbocycles. The fourth-order valence-electron chi connectivity index (χ4n) is 2.65. The molecule has 1 aliphatic heterocycles. The van der Waals surface area contributed by atoms with Crippen LogP contribution < -0.4 is 10.1 Å². The summed E-state index contributed by atoms with van der Waals surface area (Å²) in [5.41, 5.74) is 1.45. The fraction of sp³-hybridized carbons (Fsp3) is 0.600. The van der Waals surface area contributed by atoms with Crippen molar-refractivity contribution < 1.29 is 9.84 Å². The molecule has 5 heteroatoms. The zero-order valence-corrected chi connectivity index (χ0v) is 13.6. The number of piperidine rings is 1. The molecule has 0 radical (unpaired) electrons. The predicted molar refractivity (Wildman–Crippen MR) is 87.4 cm³/mol. The Kier molecular flexibility index (Phi) is 9.23. The maximum Gasteiger partial charge on any atom is 0.118 e. The molecule has 0 spiro atoms. The van der Waals surface area contributed by atoms with Gasteiger partial charge >= 0.3 is 0 Å². The van der Waals surface area contributed by atoms with Gasteiger partial charge in [0.05, 0.1) is 7.11 Å². The van der Waals surface area contributed by atoms with E-state index in [-0.39, 0.29) is 30.2 Å². The normalized spacial score (nSPS) is 16.7. The van der Waals surface area contributed by atoms with Gasteiger partial charge in [-0.05, 0) is 61.9 Å². The summed E-state index contributed by atoms with van der Waals surface area (Å²) in [6, 6.07) is 8.24. The summed E-state index contributed by atoms with van der Waals surface area (Å²) < 4.78 is 5.16. The van der Waals surface area contributed by atoms with Gasteiger partial charge in [-0.1, -0.05) is 12.1 Å². The number of hydrogen-bond acceptors (Lipinski definition) is 3. The van der Waals surface area contributed by atoms with Crippen molar-refractivity contribution in [3.8, 4) is 5.75 Å². The van der Waals surface area contributed by atoms with Crippen LogP contribution in [0.25, 0.3) is 0 Å². The number of benzene rings is 1. The maximum atomic E-state index is 9.65. The number of ether oxygens (including phenoxy) is 1. The van der Waals surface area contributed by atoms with Crippen LogP contribution in [-0.4, -0.2) is 31.9 Å². The lowest BCUT2D eigenvalue weighted by Crippen LogP contribution is -2.39. The lowest BCUT2D eigenvalue weighted by molar-refractivity contribution is 0.0806. The minimum absolute atomic E-state index is 0. The first-order chi connectivity index (χ1) is 8.78. The number of aliphatic hydroxyl groups excluding tert-OH is 1. The van der Waals surface area contributed by atoms with Crippen molar-refractivity contribution in [2.45, 2.75) is 25.7 Å². The largest absolute Gasteiger partial charge is 0.497 e. The molecule has 0 aromatic heterocycles. The third-order valence-corrected chi connectivity index (χ3v) is 4.10. The molecular weight excluding hydrogens is 297 g/mol. The highest BCUT2D eigenvalue weighted by atomic mass is 35.5. The SMILES string of the molecule is COc1ccc(CCC2(CO)CCNCC2)cc1.Cl.Cl. The summed E-state index contributed by atoms with van der Waals surface area (Å²) in [5.74, 6) is 0.900. The first-order valence-corrected chi connectivity index (χ1v) is 6.72. The molecule has 0 bridgehead atoms. The van der Waals surface area contributed by atoms with Gasteiger partial charge in [0.1, 0.15) is 5.75 Å². The van der Waals surface area contributed by atoms with Gasteiger partial charge in [0.2, 0.25) is 0 Å². The van der Waals surface area contributed by atoms with Gasteiger partial charge in [-0.25, -0.2) is 0 Å². The molecule has 1 aromatic carbocycles. The number of rotatable bonds is 5. The van der Waals surface area contributed by atoms with Crippen LogP contribution in [-0.2, 0) is 6.42 Å². The van der Waals surface area contributed by atoms with Crippen molar-refractivity contribution in [2.75, 3.05) is 26.8 Å². The third-order valence-electron chi connectivity index (χ3n) is 4.10. The van der Waals surface area contributed by atoms with Crippen molar-refractivity contribution in [1.82, 2.24) is 5.32 Å². The van der Waals surface area contributed by atoms with Gasteiger partial charge in [0, 0.05) is 6.61 Å². The van der Waals surface area contributed by atoms with E-state index < -0.39 is 0 Å². The van der Waals surface area contributed by atoms with Crippen molar-refractivity contribution >= 4 is 24.8 Å². The van der Waals surface area contributed by atoms with Crippen molar-refractivity contribution in [2.24, 2.45) is 5.41 Å². The summed E-state index contributed by atoms with van der Waals surface area (Å²) in [5, 5.41) is 13.0. The van der Waals surface area contributed by atoms with E-state index in [0.29, 0.717) is 6.61 Å². The summed E-state index contributed by atoms with van der Waals surface area (Å²) in [6.45, 7) is 2.37. The van der Waals surface area contributed by atoms with Crippen LogP contribution in [0, 0.1) is 5.41 Å². The molecular formula is C15H25Cl2NO2. The summed E-state index contributed by atoms with van der Waals surface area (Å²) in [4.78, 5) is 0. The molecule has 0 amide bonds. The second-order valence-corrected chi connectivity index (χ2v) is 5.26. The average Bonchev–Trinajstić information content (AvgIpc) is 2.47. The van der Waals surface area contributed by atoms with E-state index in [4.69, 9.17) is 4.74 Å². The van der Waals surface area contributed by atoms with Gasteiger partial charge in [-0.2, -0.15) is 0 Å². The van der Waals surface area contributed by atoms with Gasteiger partial charge in [-0.3, -0.25) is 0 Å². The van der Waals surface area contributed by atoms with Crippen molar-refractivity contribution in [3.05, 3.63) is 29.8 Å². The maximum absolute atomic E-state index is 9.65. The molecule has 20 heavy (non-hydrogen) atoms. The van der Waals surface area contributed by atoms with Crippen LogP contribution >= 0.6 is 24.8 Å². The van der Waals surface area contributed by atoms with E-state index in [1.807, 2.05) is 12.1 Å². The zero-order chi connectivity index (χ0) is 12.8. The molecule has 3 nitrogen and oxygen atoms in total. The van der Waals surface area contributed by atoms with Crippen LogP contribution in [0.5, 0.6) is 5.75 Å². The Balaban J connectivity index is 0.00000180. The quantitative estimate of drug-likeness (QED) is 0.876. The fourth-order valence-corrected chi connectivity index (χ4v) is 2.65. The first kappa shape index (κ1) is 19.5. The van der Waals surface area contributed by atoms with Crippen LogP contribution in [0.2, 0.25) is 0 Å². The Morgan fingerprint density at radius 3 is 2.25 bits per heavy atom. The summed E-state index contributed by atoms with van der Waals surface area (Å²) >= 11 is 0. The molecule has 2 N–H and O–H groups in total. The average molecular weight is 322 g/mol. The standard InChI is InChI=1S/C15H23NO2.2ClH/c1-18-14-4-2-13(3-5-14)6-7-15(12-17)8-10-16-11-9-15;;/h2-5,16-17H,6-12H2,1H3;2*1H. The monoisotopic (exact) mass is 321 g/mol. The van der Waals surface area contributed by atoms with Gasteiger partial charge < -0.3 is 15.2 Å². The molecule has 0 saturated carbocycles. The number of aliphatic hydroxyl groups is 1. The van der Waals surface area contributed by atoms with Crippen molar-refractivity contribution in [1.29, 1.82) is 0 Å². The van der Waals surface area contributed by atoms with Crippen LogP contribution in [0.4, 0.5) is 0 Å². The van der Waals surface area contributed by atoms with Gasteiger partial charge in [-0.15, -0.1) is 24.8 Å². The second-order valence-electron chi connectivity index (χ2n) is 5.26. The number of aryl methyl sites for hydroxylation is 1. The Labute approximate surface area is 133 Å². The van der Waals surface area contributed by atoms with Crippen LogP contribution in [0.15, 0.2) is 24.3 Å². The number of nitrogens with one attached hydrogen (secondary N) is 1. The highest BCUT2D eigenvalue weighted by molar-refractivity contribution is 5.85. The molecule has 1 fully saturated rings. The molecule has 0 atom stereocenters. The molecule has 116 valence electrons. The Bertz CT molecular complexity index is 365. The minimum atomic E-state index is 0. The molecule has 1 heterocycles. The van der Waals surface area contributed by atoms with Crippen LogP contribution in [0.3, 0.4) is 0 Å². The lowest BCUT2D eigenvalue weighted by atomic mass is 9.75. The topological polar surface area (TPSA) is 41.5 Å². The van der Waals surface area contributed by atoms with E-state index in [1.54, 1.807) is 7.11 Å². The number of hydrogen-bond donors (Lipinski definition) is 2. The smallest absolute Gasteiger partial charge is 0.118 e. The molecule has 1 aliphatic rings. The molecule has 0 unspecified atom stereocenters. The lowest BCUT2D eigenvalue weighted by Gasteiger charge is -2.36. The molecule has 1 saturated heterocycles. The van der Waals surface area contributed by atoms with E-state index >= 15 is 0 Å². The zero-order valence-electron chi connectivity index (χ0n) is 11.9. The van der Waals surface area contributed by atoms with Gasteiger partial charge in [0.15, 0.2) is 0 Å². The van der Waals surface area contributed by atoms with Crippen LogP contribution in [0.1, 0.15) is 24.8 Å². The predicted octanol–water partition coefficient (Wildman–Crippen LogP) is 2.83. The first-order valence-electron chi connectivity index (χ1n) is 6.72. The summed E-state index contributed by atoms with van der Waals surface area (Å²) in [6.07, 6.45) is 4.27. The second kappa shape index (κ2) is 9.46.